The first-order chi connectivity index (χ1) is 19.2. The van der Waals surface area contributed by atoms with Crippen molar-refractivity contribution in [2.45, 2.75) is 4.90 Å². The Morgan fingerprint density at radius 2 is 1.70 bits per heavy atom. The van der Waals surface area contributed by atoms with Gasteiger partial charge in [0.15, 0.2) is 4.90 Å². The Bertz CT molecular complexity index is 1680. The number of fused-ring (bicyclic) bond motifs is 1. The van der Waals surface area contributed by atoms with E-state index in [-0.39, 0.29) is 11.4 Å². The molecule has 0 fully saturated rings. The highest BCUT2D eigenvalue weighted by Crippen LogP contribution is 2.29. The second-order valence-electron chi connectivity index (χ2n) is 8.18. The molecule has 0 saturated carbocycles. The number of benzene rings is 3. The van der Waals surface area contributed by atoms with Gasteiger partial charge in [-0.15, -0.1) is 0 Å². The summed E-state index contributed by atoms with van der Waals surface area (Å²) >= 11 is 4.30. The lowest BCUT2D eigenvalue weighted by Crippen LogP contribution is -2.03. The number of methoxy groups -OCH3 is 1. The molecule has 1 atom stereocenters. The number of nitrogens with zero attached hydrogens (tertiary/aromatic N) is 3. The number of carbonyl (C=O) groups excluding carboxylic acids is 2. The fourth-order valence-corrected chi connectivity index (χ4v) is 4.71. The van der Waals surface area contributed by atoms with Crippen molar-refractivity contribution in [3.05, 3.63) is 107 Å². The Kier molecular flexibility index (Phi) is 9.12. The smallest absolute Gasteiger partial charge is 0.372 e. The highest BCUT2D eigenvalue weighted by Gasteiger charge is 2.20. The topological polar surface area (TPSA) is 127 Å². The van der Waals surface area contributed by atoms with Crippen LogP contribution in [0.25, 0.3) is 28.0 Å². The lowest BCUT2D eigenvalue weighted by molar-refractivity contribution is -0.182. The minimum absolute atomic E-state index is 0.222. The van der Waals surface area contributed by atoms with Gasteiger partial charge in [-0.05, 0) is 53.6 Å². The number of ether oxygens (including phenoxy) is 1. The van der Waals surface area contributed by atoms with E-state index in [1.165, 1.54) is 37.7 Å². The van der Waals surface area contributed by atoms with Gasteiger partial charge in [0.2, 0.25) is 5.95 Å². The predicted molar refractivity (Wildman–Crippen MR) is 147 cm³/mol. The first kappa shape index (κ1) is 28.7. The molecule has 0 bridgehead atoms. The summed E-state index contributed by atoms with van der Waals surface area (Å²) < 4.78 is 32.6. The number of rotatable bonds is 5. The molecule has 0 spiro atoms. The van der Waals surface area contributed by atoms with Gasteiger partial charge in [-0.2, -0.15) is 5.26 Å². The van der Waals surface area contributed by atoms with E-state index in [0.717, 1.165) is 5.39 Å². The predicted octanol–water partition coefficient (Wildman–Crippen LogP) is 5.72. The van der Waals surface area contributed by atoms with Crippen LogP contribution < -0.4 is 0 Å². The first-order valence-electron chi connectivity index (χ1n) is 11.5. The number of hydrogen-bond acceptors (Lipinski definition) is 8. The number of aromatic nitrogens is 3. The molecule has 12 heteroatoms. The normalized spacial score (nSPS) is 11.3. The molecule has 1 N–H and O–H groups in total. The largest absolute Gasteiger partial charge is 0.612 e. The van der Waals surface area contributed by atoms with E-state index in [9.17, 15) is 18.5 Å². The summed E-state index contributed by atoms with van der Waals surface area (Å²) in [7, 11) is 1.31. The minimum atomic E-state index is -1.25. The van der Waals surface area contributed by atoms with Crippen molar-refractivity contribution in [2.75, 3.05) is 13.4 Å². The average molecular weight is 582 g/mol. The van der Waals surface area contributed by atoms with Crippen molar-refractivity contribution in [2.24, 2.45) is 0 Å². The zero-order valence-electron chi connectivity index (χ0n) is 21.1. The van der Waals surface area contributed by atoms with Gasteiger partial charge in [-0.3, -0.25) is 9.45 Å². The summed E-state index contributed by atoms with van der Waals surface area (Å²) in [4.78, 5) is 35.4. The molecule has 40 heavy (non-hydrogen) atoms. The molecular weight excluding hydrogens is 561 g/mol. The van der Waals surface area contributed by atoms with E-state index in [2.05, 4.69) is 14.9 Å². The zero-order chi connectivity index (χ0) is 28.8. The Morgan fingerprint density at radius 3 is 2.33 bits per heavy atom. The van der Waals surface area contributed by atoms with Crippen molar-refractivity contribution < 1.29 is 33.4 Å². The number of carbonyl (C=O) groups is 2. The summed E-state index contributed by atoms with van der Waals surface area (Å²) in [5.74, 6) is -1.34. The Balaban J connectivity index is 0.000000283. The molecule has 204 valence electrons. The fraction of sp³-hybridized carbons (Fsp3) is 0.0714. The molecule has 0 aliphatic heterocycles. The Hall–Kier alpha value is -4.29. The third-order valence-electron chi connectivity index (χ3n) is 5.68. The molecular formula is C28H21ClFN3O6S. The zero-order valence-corrected chi connectivity index (χ0v) is 22.6. The van der Waals surface area contributed by atoms with Crippen molar-refractivity contribution in [1.29, 1.82) is 0 Å². The molecule has 0 amide bonds. The van der Waals surface area contributed by atoms with Gasteiger partial charge in [0.05, 0.1) is 35.3 Å². The number of hydrogen-bond donors (Lipinski definition) is 1. The molecule has 0 radical (unpaired) electrons. The number of halogens is 2. The van der Waals surface area contributed by atoms with Crippen molar-refractivity contribution in [3.63, 3.8) is 0 Å². The third kappa shape index (κ3) is 6.29. The Labute approximate surface area is 235 Å². The van der Waals surface area contributed by atoms with E-state index in [0.29, 0.717) is 38.1 Å². The second-order valence-corrected chi connectivity index (χ2v) is 9.97. The summed E-state index contributed by atoms with van der Waals surface area (Å²) in [6.45, 7) is 0. The molecule has 0 aliphatic rings. The van der Waals surface area contributed by atoms with Gasteiger partial charge in [-0.1, -0.05) is 35.9 Å². The maximum absolute atomic E-state index is 14.0. The van der Waals surface area contributed by atoms with E-state index in [4.69, 9.17) is 21.6 Å². The highest BCUT2D eigenvalue weighted by molar-refractivity contribution is 7.91. The molecule has 5 rings (SSSR count). The van der Waals surface area contributed by atoms with Gasteiger partial charge in [0.1, 0.15) is 12.1 Å². The van der Waals surface area contributed by atoms with Crippen LogP contribution in [0.2, 0.25) is 5.02 Å². The van der Waals surface area contributed by atoms with Crippen LogP contribution in [0.3, 0.4) is 0 Å². The van der Waals surface area contributed by atoms with Crippen LogP contribution in [-0.4, -0.2) is 49.6 Å². The lowest BCUT2D eigenvalue weighted by Gasteiger charge is -2.06. The minimum Gasteiger partial charge on any atom is -0.612 e. The summed E-state index contributed by atoms with van der Waals surface area (Å²) in [6, 6.07) is 17.5. The van der Waals surface area contributed by atoms with E-state index >= 15 is 0 Å². The summed E-state index contributed by atoms with van der Waals surface area (Å²) in [5, 5.41) is 9.13. The SMILES string of the molecule is COC(=O)c1ccc2c([S+](C)[O-])cn(-c3ncc(-c4ccccc4F)cn3)c2c1.O=C(OO)c1cccc(Cl)c1. The van der Waals surface area contributed by atoms with E-state index in [1.54, 1.807) is 65.6 Å². The number of esters is 1. The van der Waals surface area contributed by atoms with Crippen LogP contribution in [0.1, 0.15) is 20.7 Å². The van der Waals surface area contributed by atoms with Crippen molar-refractivity contribution in [1.82, 2.24) is 14.5 Å². The first-order valence-corrected chi connectivity index (χ1v) is 13.4. The molecule has 0 aliphatic carbocycles. The van der Waals surface area contributed by atoms with Gasteiger partial charge in [-0.25, -0.2) is 23.9 Å². The molecule has 5 aromatic rings. The molecule has 2 aromatic heterocycles. The van der Waals surface area contributed by atoms with Crippen molar-refractivity contribution >= 4 is 45.6 Å². The molecule has 2 heterocycles. The van der Waals surface area contributed by atoms with E-state index in [1.807, 2.05) is 0 Å². The van der Waals surface area contributed by atoms with Gasteiger partial charge < -0.3 is 9.29 Å². The molecule has 3 aromatic carbocycles. The monoisotopic (exact) mass is 581 g/mol. The van der Waals surface area contributed by atoms with Crippen LogP contribution in [0.5, 0.6) is 0 Å². The van der Waals surface area contributed by atoms with Crippen LogP contribution in [0.15, 0.2) is 90.2 Å². The van der Waals surface area contributed by atoms with Gasteiger partial charge in [0.25, 0.3) is 0 Å². The standard InChI is InChI=1S/C21H16FN3O3S.C7H5ClO3/c1-28-20(26)13-7-8-16-18(9-13)25(12-19(16)29(2)27)21-23-10-14(11-24-21)15-5-3-4-6-17(15)22;8-6-3-1-2-5(4-6)7(9)11-10/h3-12H,1-2H3;1-4,10H. The third-order valence-corrected chi connectivity index (χ3v) is 6.86. The van der Waals surface area contributed by atoms with Crippen LogP contribution in [0, 0.1) is 5.82 Å². The maximum atomic E-state index is 14.0. The molecule has 0 saturated heterocycles. The van der Waals surface area contributed by atoms with Crippen LogP contribution >= 0.6 is 11.6 Å². The Morgan fingerprint density at radius 1 is 1.00 bits per heavy atom. The summed E-state index contributed by atoms with van der Waals surface area (Å²) in [6.07, 6.45) is 6.31. The van der Waals surface area contributed by atoms with Crippen LogP contribution in [0.4, 0.5) is 4.39 Å². The molecule has 9 nitrogen and oxygen atoms in total. The summed E-state index contributed by atoms with van der Waals surface area (Å²) in [5.41, 5.74) is 2.14. The quantitative estimate of drug-likeness (QED) is 0.121. The maximum Gasteiger partial charge on any atom is 0.372 e. The fourth-order valence-electron chi connectivity index (χ4n) is 3.78. The lowest BCUT2D eigenvalue weighted by atomic mass is 10.1. The molecule has 1 unspecified atom stereocenters. The highest BCUT2D eigenvalue weighted by atomic mass is 35.5. The average Bonchev–Trinajstić information content (AvgIpc) is 3.36. The second kappa shape index (κ2) is 12.7. The van der Waals surface area contributed by atoms with E-state index < -0.39 is 23.1 Å². The van der Waals surface area contributed by atoms with Gasteiger partial charge in [0, 0.05) is 28.5 Å². The van der Waals surface area contributed by atoms with Crippen LogP contribution in [-0.2, 0) is 20.8 Å². The van der Waals surface area contributed by atoms with Crippen molar-refractivity contribution in [3.8, 4) is 17.1 Å². The van der Waals surface area contributed by atoms with Gasteiger partial charge >= 0.3 is 11.9 Å².